The Labute approximate surface area is 167 Å². The average Bonchev–Trinajstić information content (AvgIpc) is 2.62. The Bertz CT molecular complexity index is 611. The molecule has 3 rings (SSSR count). The molecule has 3 unspecified atom stereocenters. The predicted octanol–water partition coefficient (Wildman–Crippen LogP) is 3.02. The van der Waals surface area contributed by atoms with Crippen LogP contribution >= 0.6 is 12.4 Å². The van der Waals surface area contributed by atoms with E-state index in [-0.39, 0.29) is 42.8 Å². The molecule has 1 aromatic rings. The molecule has 27 heavy (non-hydrogen) atoms. The molecule has 0 aliphatic heterocycles. The number of benzene rings is 1. The zero-order chi connectivity index (χ0) is 18.5. The van der Waals surface area contributed by atoms with Gasteiger partial charge in [0.2, 0.25) is 5.91 Å². The van der Waals surface area contributed by atoms with Gasteiger partial charge in [0, 0.05) is 18.5 Å². The molecule has 2 bridgehead atoms. The van der Waals surface area contributed by atoms with Crippen molar-refractivity contribution in [3.05, 3.63) is 35.9 Å². The van der Waals surface area contributed by atoms with Gasteiger partial charge in [0.1, 0.15) is 0 Å². The van der Waals surface area contributed by atoms with Gasteiger partial charge in [0.25, 0.3) is 0 Å². The van der Waals surface area contributed by atoms with Gasteiger partial charge >= 0.3 is 5.97 Å². The highest BCUT2D eigenvalue weighted by Gasteiger charge is 2.40. The van der Waals surface area contributed by atoms with Crippen molar-refractivity contribution in [3.8, 4) is 0 Å². The number of carbonyl (C=O) groups is 2. The van der Waals surface area contributed by atoms with Crippen LogP contribution in [0.3, 0.4) is 0 Å². The minimum Gasteiger partial charge on any atom is -0.465 e. The maximum absolute atomic E-state index is 12.7. The molecule has 0 aromatic heterocycles. The Morgan fingerprint density at radius 3 is 2.41 bits per heavy atom. The Morgan fingerprint density at radius 1 is 1.19 bits per heavy atom. The predicted molar refractivity (Wildman–Crippen MR) is 108 cm³/mol. The fourth-order valence-corrected chi connectivity index (χ4v) is 4.62. The molecule has 2 aliphatic carbocycles. The largest absolute Gasteiger partial charge is 0.465 e. The van der Waals surface area contributed by atoms with Crippen molar-refractivity contribution in [2.45, 2.75) is 51.0 Å². The summed E-state index contributed by atoms with van der Waals surface area (Å²) >= 11 is 0. The van der Waals surface area contributed by atoms with Crippen LogP contribution in [-0.2, 0) is 14.3 Å². The van der Waals surface area contributed by atoms with E-state index in [1.165, 1.54) is 6.42 Å². The van der Waals surface area contributed by atoms with E-state index in [1.807, 2.05) is 30.3 Å². The second kappa shape index (κ2) is 10.1. The second-order valence-corrected chi connectivity index (χ2v) is 7.66. The van der Waals surface area contributed by atoms with Crippen molar-refractivity contribution in [1.82, 2.24) is 5.32 Å². The molecule has 2 saturated carbocycles. The van der Waals surface area contributed by atoms with E-state index in [4.69, 9.17) is 10.5 Å². The standard InChI is InChI=1S/C21H30N2O3.ClH/c1-2-26-21(25)18(14-7-4-3-5-8-14)13-23-20(24)17-11-15-9-6-10-16(12-17)19(15)22;/h3-5,7-8,15-19H,2,6,9-13,22H2,1H3,(H,23,24);1H. The highest BCUT2D eigenvalue weighted by molar-refractivity contribution is 5.85. The first kappa shape index (κ1) is 21.7. The SMILES string of the molecule is CCOC(=O)C(CNC(=O)C1CC2CCCC(C1)C2N)c1ccccc1.Cl. The van der Waals surface area contributed by atoms with E-state index in [2.05, 4.69) is 5.32 Å². The highest BCUT2D eigenvalue weighted by Crippen LogP contribution is 2.41. The zero-order valence-electron chi connectivity index (χ0n) is 15.9. The lowest BCUT2D eigenvalue weighted by Gasteiger charge is -2.43. The van der Waals surface area contributed by atoms with Gasteiger partial charge in [-0.15, -0.1) is 12.4 Å². The monoisotopic (exact) mass is 394 g/mol. The number of hydrogen-bond donors (Lipinski definition) is 2. The summed E-state index contributed by atoms with van der Waals surface area (Å²) in [7, 11) is 0. The van der Waals surface area contributed by atoms with Crippen LogP contribution in [-0.4, -0.2) is 31.1 Å². The minimum atomic E-state index is -0.467. The molecule has 150 valence electrons. The first-order valence-electron chi connectivity index (χ1n) is 9.85. The number of esters is 1. The van der Waals surface area contributed by atoms with Crippen molar-refractivity contribution in [1.29, 1.82) is 0 Å². The van der Waals surface area contributed by atoms with Gasteiger partial charge < -0.3 is 15.8 Å². The van der Waals surface area contributed by atoms with Crippen LogP contribution in [0.4, 0.5) is 0 Å². The fourth-order valence-electron chi connectivity index (χ4n) is 4.62. The van der Waals surface area contributed by atoms with E-state index in [0.717, 1.165) is 31.2 Å². The van der Waals surface area contributed by atoms with Crippen molar-refractivity contribution < 1.29 is 14.3 Å². The number of rotatable bonds is 6. The van der Waals surface area contributed by atoms with Gasteiger partial charge in [0.15, 0.2) is 0 Å². The first-order chi connectivity index (χ1) is 12.6. The van der Waals surface area contributed by atoms with Gasteiger partial charge in [0.05, 0.1) is 12.5 Å². The maximum atomic E-state index is 12.7. The summed E-state index contributed by atoms with van der Waals surface area (Å²) in [5.74, 6) is 0.246. The van der Waals surface area contributed by atoms with Gasteiger partial charge in [-0.1, -0.05) is 36.8 Å². The minimum absolute atomic E-state index is 0. The van der Waals surface area contributed by atoms with Gasteiger partial charge in [-0.3, -0.25) is 9.59 Å². The molecule has 1 amide bonds. The molecule has 5 nitrogen and oxygen atoms in total. The van der Waals surface area contributed by atoms with Crippen LogP contribution < -0.4 is 11.1 Å². The average molecular weight is 395 g/mol. The van der Waals surface area contributed by atoms with Gasteiger partial charge in [-0.2, -0.15) is 0 Å². The number of fused-ring (bicyclic) bond motifs is 2. The van der Waals surface area contributed by atoms with Gasteiger partial charge in [-0.25, -0.2) is 0 Å². The quantitative estimate of drug-likeness (QED) is 0.726. The summed E-state index contributed by atoms with van der Waals surface area (Å²) in [4.78, 5) is 25.1. The molecule has 6 heteroatoms. The fraction of sp³-hybridized carbons (Fsp3) is 0.619. The number of amides is 1. The first-order valence-corrected chi connectivity index (χ1v) is 9.85. The van der Waals surface area contributed by atoms with Crippen LogP contribution in [0.5, 0.6) is 0 Å². The molecule has 0 spiro atoms. The molecule has 3 atom stereocenters. The van der Waals surface area contributed by atoms with E-state index in [0.29, 0.717) is 18.4 Å². The van der Waals surface area contributed by atoms with Crippen molar-refractivity contribution >= 4 is 24.3 Å². The Morgan fingerprint density at radius 2 is 1.81 bits per heavy atom. The number of hydrogen-bond acceptors (Lipinski definition) is 4. The number of nitrogens with two attached hydrogens (primary N) is 1. The van der Waals surface area contributed by atoms with Crippen LogP contribution in [0.25, 0.3) is 0 Å². The summed E-state index contributed by atoms with van der Waals surface area (Å²) in [5.41, 5.74) is 7.19. The second-order valence-electron chi connectivity index (χ2n) is 7.66. The number of halogens is 1. The Balaban J connectivity index is 0.00000261. The third-order valence-electron chi connectivity index (χ3n) is 6.04. The molecule has 2 aliphatic rings. The third kappa shape index (κ3) is 5.23. The molecule has 2 fully saturated rings. The smallest absolute Gasteiger partial charge is 0.315 e. The van der Waals surface area contributed by atoms with Crippen molar-refractivity contribution in [2.24, 2.45) is 23.5 Å². The molecular weight excluding hydrogens is 364 g/mol. The van der Waals surface area contributed by atoms with Crippen LogP contribution in [0, 0.1) is 17.8 Å². The normalized spacial score (nSPS) is 27.8. The molecule has 1 aromatic carbocycles. The lowest BCUT2D eigenvalue weighted by molar-refractivity contribution is -0.145. The maximum Gasteiger partial charge on any atom is 0.315 e. The topological polar surface area (TPSA) is 81.4 Å². The lowest BCUT2D eigenvalue weighted by Crippen LogP contribution is -2.49. The van der Waals surface area contributed by atoms with Crippen LogP contribution in [0.1, 0.15) is 50.5 Å². The Kier molecular flexibility index (Phi) is 8.11. The van der Waals surface area contributed by atoms with Gasteiger partial charge in [-0.05, 0) is 50.0 Å². The summed E-state index contributed by atoms with van der Waals surface area (Å²) < 4.78 is 5.20. The summed E-state index contributed by atoms with van der Waals surface area (Å²) in [6.45, 7) is 2.40. The summed E-state index contributed by atoms with van der Waals surface area (Å²) in [5, 5.41) is 3.01. The number of carbonyl (C=O) groups excluding carboxylic acids is 2. The van der Waals surface area contributed by atoms with Crippen molar-refractivity contribution in [2.75, 3.05) is 13.2 Å². The van der Waals surface area contributed by atoms with Crippen molar-refractivity contribution in [3.63, 3.8) is 0 Å². The van der Waals surface area contributed by atoms with Crippen LogP contribution in [0.2, 0.25) is 0 Å². The summed E-state index contributed by atoms with van der Waals surface area (Å²) in [6.07, 6.45) is 5.25. The molecule has 3 N–H and O–H groups in total. The molecule has 0 heterocycles. The van der Waals surface area contributed by atoms with E-state index in [1.54, 1.807) is 6.92 Å². The van der Waals surface area contributed by atoms with E-state index < -0.39 is 5.92 Å². The number of ether oxygens (including phenoxy) is 1. The van der Waals surface area contributed by atoms with Crippen LogP contribution in [0.15, 0.2) is 30.3 Å². The summed E-state index contributed by atoms with van der Waals surface area (Å²) in [6, 6.07) is 9.76. The molecular formula is C21H31ClN2O3. The zero-order valence-corrected chi connectivity index (χ0v) is 16.8. The number of nitrogens with one attached hydrogen (secondary N) is 1. The van der Waals surface area contributed by atoms with E-state index in [9.17, 15) is 9.59 Å². The third-order valence-corrected chi connectivity index (χ3v) is 6.04. The Hall–Kier alpha value is -1.59. The highest BCUT2D eigenvalue weighted by atomic mass is 35.5. The van der Waals surface area contributed by atoms with E-state index >= 15 is 0 Å². The molecule has 0 radical (unpaired) electrons. The lowest BCUT2D eigenvalue weighted by atomic mass is 9.65. The molecule has 0 saturated heterocycles.